The Balaban J connectivity index is 1.41. The fourth-order valence-corrected chi connectivity index (χ4v) is 3.22. The van der Waals surface area contributed by atoms with Crippen molar-refractivity contribution in [3.8, 4) is 5.82 Å². The summed E-state index contributed by atoms with van der Waals surface area (Å²) in [6.07, 6.45) is 6.95. The topological polar surface area (TPSA) is 85.0 Å². The van der Waals surface area contributed by atoms with Crippen molar-refractivity contribution in [1.82, 2.24) is 34.4 Å². The smallest absolute Gasteiger partial charge is 0.247 e. The Bertz CT molecular complexity index is 911. The summed E-state index contributed by atoms with van der Waals surface area (Å²) in [5, 5.41) is 8.56. The van der Waals surface area contributed by atoms with Gasteiger partial charge in [0.15, 0.2) is 5.82 Å². The van der Waals surface area contributed by atoms with Gasteiger partial charge < -0.3 is 9.80 Å². The molecular formula is C18H22N8O. The van der Waals surface area contributed by atoms with Gasteiger partial charge in [-0.1, -0.05) is 0 Å². The van der Waals surface area contributed by atoms with Crippen LogP contribution in [0.3, 0.4) is 0 Å². The summed E-state index contributed by atoms with van der Waals surface area (Å²) < 4.78 is 3.43. The number of nitrogens with zero attached hydrogens (tertiary/aromatic N) is 8. The molecule has 4 rings (SSSR count). The summed E-state index contributed by atoms with van der Waals surface area (Å²) in [7, 11) is 0. The SMILES string of the molecule is Cc1ccn(-c2cc(N3CCN(C(=O)C(C)n4cccn4)CC3)ncn2)n1. The van der Waals surface area contributed by atoms with Crippen LogP contribution in [0.4, 0.5) is 5.82 Å². The highest BCUT2D eigenvalue weighted by Gasteiger charge is 2.26. The molecule has 1 saturated heterocycles. The van der Waals surface area contributed by atoms with Gasteiger partial charge in [-0.2, -0.15) is 10.2 Å². The summed E-state index contributed by atoms with van der Waals surface area (Å²) in [5.41, 5.74) is 0.939. The van der Waals surface area contributed by atoms with Crippen LogP contribution in [0.1, 0.15) is 18.7 Å². The lowest BCUT2D eigenvalue weighted by Gasteiger charge is -2.36. The van der Waals surface area contributed by atoms with E-state index < -0.39 is 0 Å². The molecule has 1 amide bonds. The van der Waals surface area contributed by atoms with Crippen molar-refractivity contribution in [2.45, 2.75) is 19.9 Å². The zero-order valence-electron chi connectivity index (χ0n) is 15.4. The van der Waals surface area contributed by atoms with Crippen LogP contribution in [0.2, 0.25) is 0 Å². The van der Waals surface area contributed by atoms with E-state index in [0.29, 0.717) is 13.1 Å². The maximum Gasteiger partial charge on any atom is 0.247 e. The fraction of sp³-hybridized carbons (Fsp3) is 0.389. The molecule has 0 bridgehead atoms. The van der Waals surface area contributed by atoms with Crippen molar-refractivity contribution in [2.75, 3.05) is 31.1 Å². The van der Waals surface area contributed by atoms with E-state index in [4.69, 9.17) is 0 Å². The number of rotatable bonds is 4. The van der Waals surface area contributed by atoms with Crippen molar-refractivity contribution < 1.29 is 4.79 Å². The predicted octanol–water partition coefficient (Wildman–Crippen LogP) is 1.08. The second-order valence-electron chi connectivity index (χ2n) is 6.61. The van der Waals surface area contributed by atoms with Crippen LogP contribution in [0.15, 0.2) is 43.1 Å². The molecule has 0 spiro atoms. The van der Waals surface area contributed by atoms with Gasteiger partial charge in [0.25, 0.3) is 0 Å². The zero-order valence-corrected chi connectivity index (χ0v) is 15.4. The molecule has 3 aromatic rings. The number of anilines is 1. The molecule has 0 N–H and O–H groups in total. The number of carbonyl (C=O) groups excluding carboxylic acids is 1. The molecule has 4 heterocycles. The molecule has 0 radical (unpaired) electrons. The van der Waals surface area contributed by atoms with Gasteiger partial charge in [-0.05, 0) is 26.0 Å². The molecule has 1 fully saturated rings. The Morgan fingerprint density at radius 1 is 1.11 bits per heavy atom. The zero-order chi connectivity index (χ0) is 18.8. The monoisotopic (exact) mass is 366 g/mol. The number of carbonyl (C=O) groups is 1. The lowest BCUT2D eigenvalue weighted by molar-refractivity contribution is -0.134. The molecule has 1 atom stereocenters. The molecule has 140 valence electrons. The Kier molecular flexibility index (Phi) is 4.57. The van der Waals surface area contributed by atoms with E-state index in [1.54, 1.807) is 21.9 Å². The van der Waals surface area contributed by atoms with Crippen molar-refractivity contribution in [2.24, 2.45) is 0 Å². The minimum Gasteiger partial charge on any atom is -0.353 e. The van der Waals surface area contributed by atoms with Crippen LogP contribution in [0.5, 0.6) is 0 Å². The van der Waals surface area contributed by atoms with Gasteiger partial charge in [0.2, 0.25) is 5.91 Å². The number of piperazine rings is 1. The highest BCUT2D eigenvalue weighted by Crippen LogP contribution is 2.17. The Labute approximate surface area is 157 Å². The fourth-order valence-electron chi connectivity index (χ4n) is 3.22. The van der Waals surface area contributed by atoms with Gasteiger partial charge in [0.1, 0.15) is 18.2 Å². The van der Waals surface area contributed by atoms with Gasteiger partial charge in [0, 0.05) is 50.8 Å². The third-order valence-corrected chi connectivity index (χ3v) is 4.79. The number of amides is 1. The summed E-state index contributed by atoms with van der Waals surface area (Å²) >= 11 is 0. The van der Waals surface area contributed by atoms with Crippen LogP contribution in [-0.4, -0.2) is 66.5 Å². The Hall–Kier alpha value is -3.23. The Morgan fingerprint density at radius 2 is 1.89 bits per heavy atom. The lowest BCUT2D eigenvalue weighted by Crippen LogP contribution is -2.50. The van der Waals surface area contributed by atoms with E-state index >= 15 is 0 Å². The largest absolute Gasteiger partial charge is 0.353 e. The molecule has 27 heavy (non-hydrogen) atoms. The van der Waals surface area contributed by atoms with Gasteiger partial charge in [-0.25, -0.2) is 14.6 Å². The normalized spacial score (nSPS) is 15.8. The first kappa shape index (κ1) is 17.2. The van der Waals surface area contributed by atoms with E-state index in [1.807, 2.05) is 49.3 Å². The Morgan fingerprint density at radius 3 is 2.56 bits per heavy atom. The van der Waals surface area contributed by atoms with E-state index in [0.717, 1.165) is 30.4 Å². The van der Waals surface area contributed by atoms with E-state index in [1.165, 1.54) is 0 Å². The standard InChI is InChI=1S/C18H22N8O/c1-14-4-7-26(22-14)17-12-16(19-13-20-17)23-8-10-24(11-9-23)18(27)15(2)25-6-3-5-21-25/h3-7,12-13,15H,8-11H2,1-2H3. The molecule has 9 nitrogen and oxygen atoms in total. The first-order chi connectivity index (χ1) is 13.1. The molecule has 1 aliphatic heterocycles. The number of aryl methyl sites for hydroxylation is 1. The number of aromatic nitrogens is 6. The van der Waals surface area contributed by atoms with Crippen LogP contribution in [0, 0.1) is 6.92 Å². The number of hydrogen-bond donors (Lipinski definition) is 0. The molecule has 9 heteroatoms. The third-order valence-electron chi connectivity index (χ3n) is 4.79. The van der Waals surface area contributed by atoms with Crippen molar-refractivity contribution in [3.63, 3.8) is 0 Å². The minimum absolute atomic E-state index is 0.0914. The molecule has 1 aliphatic rings. The molecule has 0 aromatic carbocycles. The van der Waals surface area contributed by atoms with E-state index in [9.17, 15) is 4.79 Å². The summed E-state index contributed by atoms with van der Waals surface area (Å²) in [6, 6.07) is 5.40. The molecular weight excluding hydrogens is 344 g/mol. The second-order valence-corrected chi connectivity index (χ2v) is 6.61. The third kappa shape index (κ3) is 3.53. The highest BCUT2D eigenvalue weighted by atomic mass is 16.2. The number of hydrogen-bond acceptors (Lipinski definition) is 6. The average Bonchev–Trinajstić information content (AvgIpc) is 3.39. The van der Waals surface area contributed by atoms with Gasteiger partial charge in [0.05, 0.1) is 5.69 Å². The maximum absolute atomic E-state index is 12.7. The van der Waals surface area contributed by atoms with E-state index in [-0.39, 0.29) is 11.9 Å². The van der Waals surface area contributed by atoms with Gasteiger partial charge in [-0.3, -0.25) is 9.48 Å². The first-order valence-corrected chi connectivity index (χ1v) is 8.99. The van der Waals surface area contributed by atoms with Gasteiger partial charge >= 0.3 is 0 Å². The average molecular weight is 366 g/mol. The molecule has 3 aromatic heterocycles. The van der Waals surface area contributed by atoms with Crippen molar-refractivity contribution in [3.05, 3.63) is 48.8 Å². The van der Waals surface area contributed by atoms with Crippen molar-refractivity contribution >= 4 is 11.7 Å². The molecule has 0 saturated carbocycles. The van der Waals surface area contributed by atoms with Crippen molar-refractivity contribution in [1.29, 1.82) is 0 Å². The van der Waals surface area contributed by atoms with Crippen LogP contribution >= 0.6 is 0 Å². The lowest BCUT2D eigenvalue weighted by atomic mass is 10.2. The van der Waals surface area contributed by atoms with E-state index in [2.05, 4.69) is 25.1 Å². The summed E-state index contributed by atoms with van der Waals surface area (Å²) in [6.45, 7) is 6.59. The summed E-state index contributed by atoms with van der Waals surface area (Å²) in [5.74, 6) is 1.67. The highest BCUT2D eigenvalue weighted by molar-refractivity contribution is 5.80. The maximum atomic E-state index is 12.7. The van der Waals surface area contributed by atoms with Crippen LogP contribution < -0.4 is 4.90 Å². The quantitative estimate of drug-likeness (QED) is 0.687. The van der Waals surface area contributed by atoms with Gasteiger partial charge in [-0.15, -0.1) is 0 Å². The molecule has 0 aliphatic carbocycles. The molecule has 1 unspecified atom stereocenters. The van der Waals surface area contributed by atoms with Crippen LogP contribution in [-0.2, 0) is 4.79 Å². The van der Waals surface area contributed by atoms with Crippen LogP contribution in [0.25, 0.3) is 5.82 Å². The first-order valence-electron chi connectivity index (χ1n) is 8.99. The summed E-state index contributed by atoms with van der Waals surface area (Å²) in [4.78, 5) is 25.4. The minimum atomic E-state index is -0.291. The second kappa shape index (κ2) is 7.18. The predicted molar refractivity (Wildman–Crippen MR) is 99.6 cm³/mol.